The molecule has 1 aromatic carbocycles. The molecule has 0 spiro atoms. The molecule has 2 aliphatic rings. The molecule has 2 aliphatic heterocycles. The molecule has 0 radical (unpaired) electrons. The molecule has 2 aromatic heterocycles. The van der Waals surface area contributed by atoms with E-state index in [1.54, 1.807) is 6.92 Å². The van der Waals surface area contributed by atoms with Crippen LogP contribution < -0.4 is 9.80 Å². The van der Waals surface area contributed by atoms with Crippen molar-refractivity contribution in [2.75, 3.05) is 42.6 Å². The van der Waals surface area contributed by atoms with Crippen molar-refractivity contribution in [3.63, 3.8) is 0 Å². The second-order valence-corrected chi connectivity index (χ2v) is 7.99. The lowest BCUT2D eigenvalue weighted by Crippen LogP contribution is -2.41. The molecule has 8 heteroatoms. The summed E-state index contributed by atoms with van der Waals surface area (Å²) in [4.78, 5) is 14.7. The van der Waals surface area contributed by atoms with Gasteiger partial charge in [-0.3, -0.25) is 0 Å². The van der Waals surface area contributed by atoms with Crippen LogP contribution in [0, 0.1) is 12.8 Å². The van der Waals surface area contributed by atoms with Gasteiger partial charge < -0.3 is 19.0 Å². The lowest BCUT2D eigenvalue weighted by atomic mass is 9.99. The van der Waals surface area contributed by atoms with Gasteiger partial charge >= 0.3 is 0 Å². The van der Waals surface area contributed by atoms with Crippen molar-refractivity contribution in [3.05, 3.63) is 36.0 Å². The van der Waals surface area contributed by atoms with Crippen LogP contribution in [0.4, 0.5) is 11.6 Å². The Morgan fingerprint density at radius 1 is 0.931 bits per heavy atom. The number of nitrogens with zero attached hydrogens (tertiary/aromatic N) is 6. The molecule has 3 aromatic rings. The van der Waals surface area contributed by atoms with Gasteiger partial charge in [-0.25, -0.2) is 9.97 Å². The van der Waals surface area contributed by atoms with Gasteiger partial charge in [0.25, 0.3) is 0 Å². The van der Waals surface area contributed by atoms with E-state index in [0.717, 1.165) is 48.2 Å². The van der Waals surface area contributed by atoms with E-state index in [9.17, 15) is 0 Å². The average molecular weight is 394 g/mol. The van der Waals surface area contributed by atoms with Crippen LogP contribution in [0.3, 0.4) is 0 Å². The van der Waals surface area contributed by atoms with Crippen LogP contribution in [0.1, 0.15) is 37.7 Å². The maximum Gasteiger partial charge on any atom is 0.246 e. The number of benzene rings is 1. The minimum atomic E-state index is -0.257. The molecule has 0 saturated carbocycles. The van der Waals surface area contributed by atoms with Gasteiger partial charge in [0.15, 0.2) is 17.7 Å². The van der Waals surface area contributed by atoms with Crippen LogP contribution in [0.5, 0.6) is 0 Å². The predicted octanol–water partition coefficient (Wildman–Crippen LogP) is 3.14. The highest BCUT2D eigenvalue weighted by Crippen LogP contribution is 2.34. The van der Waals surface area contributed by atoms with E-state index in [1.165, 1.54) is 12.8 Å². The maximum atomic E-state index is 5.92. The van der Waals surface area contributed by atoms with Gasteiger partial charge in [0.05, 0.1) is 24.2 Å². The number of hydrogen-bond acceptors (Lipinski definition) is 8. The normalized spacial score (nSPS) is 21.1. The summed E-state index contributed by atoms with van der Waals surface area (Å²) in [6, 6.07) is 8.08. The Morgan fingerprint density at radius 2 is 1.62 bits per heavy atom. The van der Waals surface area contributed by atoms with Crippen LogP contribution in [0.25, 0.3) is 11.0 Å². The van der Waals surface area contributed by atoms with Crippen molar-refractivity contribution >= 4 is 22.7 Å². The molecule has 8 nitrogen and oxygen atoms in total. The Hall–Kier alpha value is -2.74. The molecule has 0 bridgehead atoms. The number of aromatic nitrogens is 4. The zero-order valence-electron chi connectivity index (χ0n) is 16.9. The van der Waals surface area contributed by atoms with Crippen LogP contribution >= 0.6 is 0 Å². The monoisotopic (exact) mass is 394 g/mol. The minimum Gasteiger partial charge on any atom is -0.423 e. The highest BCUT2D eigenvalue weighted by Gasteiger charge is 2.31. The summed E-state index contributed by atoms with van der Waals surface area (Å²) in [6.07, 6.45) is 2.11. The zero-order valence-corrected chi connectivity index (χ0v) is 16.9. The zero-order chi connectivity index (χ0) is 19.8. The second kappa shape index (κ2) is 7.59. The Labute approximate surface area is 169 Å². The first-order chi connectivity index (χ1) is 14.2. The van der Waals surface area contributed by atoms with E-state index in [2.05, 4.69) is 26.9 Å². The number of piperidine rings is 1. The van der Waals surface area contributed by atoms with Crippen molar-refractivity contribution in [1.29, 1.82) is 0 Å². The predicted molar refractivity (Wildman–Crippen MR) is 110 cm³/mol. The summed E-state index contributed by atoms with van der Waals surface area (Å²) in [7, 11) is 0. The van der Waals surface area contributed by atoms with Gasteiger partial charge in [-0.2, -0.15) is 0 Å². The van der Waals surface area contributed by atoms with Crippen molar-refractivity contribution in [3.8, 4) is 0 Å². The molecular formula is C21H26N6O2. The molecular weight excluding hydrogens is 368 g/mol. The van der Waals surface area contributed by atoms with Gasteiger partial charge in [0, 0.05) is 26.6 Å². The molecule has 152 valence electrons. The number of morpholine rings is 1. The van der Waals surface area contributed by atoms with Crippen LogP contribution in [0.2, 0.25) is 0 Å². The quantitative estimate of drug-likeness (QED) is 0.670. The highest BCUT2D eigenvalue weighted by molar-refractivity contribution is 5.81. The fourth-order valence-electron chi connectivity index (χ4n) is 4.06. The topological polar surface area (TPSA) is 80.4 Å². The molecule has 2 saturated heterocycles. The smallest absolute Gasteiger partial charge is 0.246 e. The summed E-state index contributed by atoms with van der Waals surface area (Å²) < 4.78 is 11.5. The van der Waals surface area contributed by atoms with Gasteiger partial charge in [0.2, 0.25) is 11.8 Å². The number of rotatable bonds is 3. The molecule has 0 amide bonds. The largest absolute Gasteiger partial charge is 0.423 e. The summed E-state index contributed by atoms with van der Waals surface area (Å²) in [5, 5.41) is 8.10. The number of aryl methyl sites for hydroxylation is 1. The van der Waals surface area contributed by atoms with Crippen LogP contribution in [-0.4, -0.2) is 53.0 Å². The van der Waals surface area contributed by atoms with Gasteiger partial charge in [0.1, 0.15) is 0 Å². The average Bonchev–Trinajstić information content (AvgIpc) is 3.20. The molecule has 29 heavy (non-hydrogen) atoms. The number of anilines is 2. The first-order valence-corrected chi connectivity index (χ1v) is 10.4. The maximum absolute atomic E-state index is 5.92. The van der Waals surface area contributed by atoms with Gasteiger partial charge in [-0.15, -0.1) is 10.2 Å². The van der Waals surface area contributed by atoms with Crippen LogP contribution in [-0.2, 0) is 4.74 Å². The summed E-state index contributed by atoms with van der Waals surface area (Å²) in [6.45, 7) is 8.09. The number of ether oxygens (including phenoxy) is 1. The molecule has 5 rings (SSSR count). The number of fused-ring (bicyclic) bond motifs is 1. The summed E-state index contributed by atoms with van der Waals surface area (Å²) in [5.41, 5.74) is 1.84. The van der Waals surface area contributed by atoms with Crippen molar-refractivity contribution in [2.24, 2.45) is 5.92 Å². The fraction of sp³-hybridized carbons (Fsp3) is 0.524. The summed E-state index contributed by atoms with van der Waals surface area (Å²) in [5.74, 6) is 3.72. The number of hydrogen-bond donors (Lipinski definition) is 0. The third-order valence-electron chi connectivity index (χ3n) is 5.80. The fourth-order valence-corrected chi connectivity index (χ4v) is 4.06. The second-order valence-electron chi connectivity index (χ2n) is 7.99. The lowest BCUT2D eigenvalue weighted by molar-refractivity contribution is 0.0214. The number of para-hydroxylation sites is 2. The molecule has 1 unspecified atom stereocenters. The molecule has 0 N–H and O–H groups in total. The molecule has 2 fully saturated rings. The first-order valence-electron chi connectivity index (χ1n) is 10.4. The van der Waals surface area contributed by atoms with E-state index < -0.39 is 0 Å². The minimum absolute atomic E-state index is 0.257. The molecule has 0 aliphatic carbocycles. The Kier molecular flexibility index (Phi) is 4.79. The SMILES string of the molecule is Cc1nnc(C2CN(c3nc4ccccc4nc3N3CCC(C)CC3)CCO2)o1. The van der Waals surface area contributed by atoms with Crippen molar-refractivity contribution in [1.82, 2.24) is 20.2 Å². The van der Waals surface area contributed by atoms with E-state index in [-0.39, 0.29) is 6.10 Å². The molecule has 1 atom stereocenters. The van der Waals surface area contributed by atoms with E-state index >= 15 is 0 Å². The first kappa shape index (κ1) is 18.3. The Morgan fingerprint density at radius 3 is 2.28 bits per heavy atom. The third kappa shape index (κ3) is 3.64. The van der Waals surface area contributed by atoms with Crippen molar-refractivity contribution < 1.29 is 9.15 Å². The standard InChI is InChI=1S/C21H26N6O2/c1-14-7-9-26(10-8-14)19-20(23-17-6-4-3-5-16(17)22-19)27-11-12-28-18(13-27)21-25-24-15(2)29-21/h3-6,14,18H,7-13H2,1-2H3. The highest BCUT2D eigenvalue weighted by atomic mass is 16.5. The van der Waals surface area contributed by atoms with E-state index in [1.807, 2.05) is 24.3 Å². The van der Waals surface area contributed by atoms with Crippen molar-refractivity contribution in [2.45, 2.75) is 32.8 Å². The van der Waals surface area contributed by atoms with Gasteiger partial charge in [-0.1, -0.05) is 19.1 Å². The Balaban J connectivity index is 1.51. The van der Waals surface area contributed by atoms with E-state index in [0.29, 0.717) is 24.9 Å². The van der Waals surface area contributed by atoms with Crippen LogP contribution in [0.15, 0.2) is 28.7 Å². The molecule has 4 heterocycles. The van der Waals surface area contributed by atoms with E-state index in [4.69, 9.17) is 19.1 Å². The lowest BCUT2D eigenvalue weighted by Gasteiger charge is -2.37. The third-order valence-corrected chi connectivity index (χ3v) is 5.80. The Bertz CT molecular complexity index is 998. The summed E-state index contributed by atoms with van der Waals surface area (Å²) >= 11 is 0. The van der Waals surface area contributed by atoms with Gasteiger partial charge in [-0.05, 0) is 30.9 Å².